The Bertz CT molecular complexity index is 545. The van der Waals surface area contributed by atoms with E-state index in [4.69, 9.17) is 9.84 Å². The molecule has 2 heterocycles. The van der Waals surface area contributed by atoms with Gasteiger partial charge in [0.25, 0.3) is 0 Å². The van der Waals surface area contributed by atoms with Crippen LogP contribution in [0.3, 0.4) is 0 Å². The molecule has 0 bridgehead atoms. The van der Waals surface area contributed by atoms with E-state index < -0.39 is 0 Å². The predicted octanol–water partition coefficient (Wildman–Crippen LogP) is 2.41. The van der Waals surface area contributed by atoms with Crippen LogP contribution in [0.1, 0.15) is 31.9 Å². The second-order valence-electron chi connectivity index (χ2n) is 4.99. The lowest BCUT2D eigenvalue weighted by Gasteiger charge is -2.19. The number of nitrogens with one attached hydrogen (secondary N) is 1. The maximum atomic E-state index is 9.15. The van der Waals surface area contributed by atoms with Crippen LogP contribution in [-0.2, 0) is 6.61 Å². The fraction of sp³-hybridized carbons (Fsp3) is 0.438. The molecule has 0 aromatic carbocycles. The number of rotatable bonds is 9. The van der Waals surface area contributed by atoms with Gasteiger partial charge in [-0.2, -0.15) is 0 Å². The van der Waals surface area contributed by atoms with Crippen molar-refractivity contribution in [2.24, 2.45) is 0 Å². The number of pyridine rings is 1. The molecule has 0 aliphatic heterocycles. The first-order valence-electron chi connectivity index (χ1n) is 7.53. The maximum Gasteiger partial charge on any atom is 0.180 e. The van der Waals surface area contributed by atoms with Crippen molar-refractivity contribution in [1.82, 2.24) is 15.0 Å². The SMILES string of the molecule is CCCC(CCO)Nc1ncncc1OCc1ccccn1. The highest BCUT2D eigenvalue weighted by molar-refractivity contribution is 5.48. The number of nitrogens with zero attached hydrogens (tertiary/aromatic N) is 3. The number of aliphatic hydroxyl groups excluding tert-OH is 1. The standard InChI is InChI=1S/C16H22N4O2/c1-2-5-13(7-9-21)20-16-15(10-17-12-19-16)22-11-14-6-3-4-8-18-14/h3-4,6,8,10,12-13,21H,2,5,7,9,11H2,1H3,(H,17,19,20). The van der Waals surface area contributed by atoms with Crippen LogP contribution in [0.5, 0.6) is 5.75 Å². The van der Waals surface area contributed by atoms with E-state index >= 15 is 0 Å². The molecule has 0 saturated carbocycles. The average molecular weight is 302 g/mol. The molecule has 22 heavy (non-hydrogen) atoms. The van der Waals surface area contributed by atoms with Gasteiger partial charge in [-0.15, -0.1) is 0 Å². The van der Waals surface area contributed by atoms with Crippen molar-refractivity contribution >= 4 is 5.82 Å². The van der Waals surface area contributed by atoms with Gasteiger partial charge in [0.1, 0.15) is 12.9 Å². The van der Waals surface area contributed by atoms with Crippen LogP contribution < -0.4 is 10.1 Å². The molecule has 0 radical (unpaired) electrons. The molecule has 0 aliphatic rings. The molecule has 2 aromatic rings. The van der Waals surface area contributed by atoms with Gasteiger partial charge in [-0.1, -0.05) is 19.4 Å². The minimum atomic E-state index is 0.146. The van der Waals surface area contributed by atoms with Crippen molar-refractivity contribution in [2.45, 2.75) is 38.8 Å². The lowest BCUT2D eigenvalue weighted by atomic mass is 10.1. The van der Waals surface area contributed by atoms with Crippen molar-refractivity contribution in [3.63, 3.8) is 0 Å². The van der Waals surface area contributed by atoms with Crippen molar-refractivity contribution in [3.8, 4) is 5.75 Å². The Morgan fingerprint density at radius 1 is 1.27 bits per heavy atom. The third-order valence-electron chi connectivity index (χ3n) is 3.24. The summed E-state index contributed by atoms with van der Waals surface area (Å²) in [6, 6.07) is 5.86. The molecule has 0 fully saturated rings. The highest BCUT2D eigenvalue weighted by atomic mass is 16.5. The third kappa shape index (κ3) is 4.96. The van der Waals surface area contributed by atoms with E-state index in [-0.39, 0.29) is 12.6 Å². The van der Waals surface area contributed by atoms with Crippen LogP contribution in [0, 0.1) is 0 Å². The molecule has 118 valence electrons. The Morgan fingerprint density at radius 3 is 2.91 bits per heavy atom. The van der Waals surface area contributed by atoms with Crippen LogP contribution in [0.15, 0.2) is 36.9 Å². The number of hydrogen-bond acceptors (Lipinski definition) is 6. The molecule has 1 unspecified atom stereocenters. The quantitative estimate of drug-likeness (QED) is 0.740. The molecule has 0 aliphatic carbocycles. The smallest absolute Gasteiger partial charge is 0.180 e. The summed E-state index contributed by atoms with van der Waals surface area (Å²) in [4.78, 5) is 12.5. The molecule has 0 spiro atoms. The first kappa shape index (κ1) is 16.2. The van der Waals surface area contributed by atoms with Gasteiger partial charge in [0, 0.05) is 18.8 Å². The van der Waals surface area contributed by atoms with Gasteiger partial charge in [-0.25, -0.2) is 9.97 Å². The predicted molar refractivity (Wildman–Crippen MR) is 84.6 cm³/mol. The van der Waals surface area contributed by atoms with E-state index in [1.54, 1.807) is 12.4 Å². The molecule has 6 heteroatoms. The van der Waals surface area contributed by atoms with Crippen LogP contribution in [0.4, 0.5) is 5.82 Å². The molecular weight excluding hydrogens is 280 g/mol. The Morgan fingerprint density at radius 2 is 2.18 bits per heavy atom. The Kier molecular flexibility index (Phi) is 6.57. The van der Waals surface area contributed by atoms with Crippen molar-refractivity contribution in [1.29, 1.82) is 0 Å². The molecular formula is C16H22N4O2. The Hall–Kier alpha value is -2.21. The van der Waals surface area contributed by atoms with Crippen LogP contribution in [0.25, 0.3) is 0 Å². The molecule has 6 nitrogen and oxygen atoms in total. The first-order valence-corrected chi connectivity index (χ1v) is 7.53. The Balaban J connectivity index is 2.02. The van der Waals surface area contributed by atoms with Crippen molar-refractivity contribution in [2.75, 3.05) is 11.9 Å². The fourth-order valence-corrected chi connectivity index (χ4v) is 2.15. The highest BCUT2D eigenvalue weighted by Gasteiger charge is 2.12. The summed E-state index contributed by atoms with van der Waals surface area (Å²) in [6.07, 6.45) is 7.53. The normalized spacial score (nSPS) is 11.9. The van der Waals surface area contributed by atoms with Crippen molar-refractivity contribution in [3.05, 3.63) is 42.6 Å². The largest absolute Gasteiger partial charge is 0.482 e. The van der Waals surface area contributed by atoms with Gasteiger partial charge in [-0.05, 0) is 25.0 Å². The third-order valence-corrected chi connectivity index (χ3v) is 3.24. The maximum absolute atomic E-state index is 9.15. The zero-order chi connectivity index (χ0) is 15.6. The van der Waals surface area contributed by atoms with E-state index in [9.17, 15) is 0 Å². The average Bonchev–Trinajstić information content (AvgIpc) is 2.55. The van der Waals surface area contributed by atoms with E-state index in [1.165, 1.54) is 6.33 Å². The van der Waals surface area contributed by atoms with Gasteiger partial charge in [0.2, 0.25) is 0 Å². The molecule has 2 rings (SSSR count). The monoisotopic (exact) mass is 302 g/mol. The van der Waals surface area contributed by atoms with Crippen LogP contribution >= 0.6 is 0 Å². The second kappa shape index (κ2) is 8.94. The lowest BCUT2D eigenvalue weighted by Crippen LogP contribution is -2.22. The highest BCUT2D eigenvalue weighted by Crippen LogP contribution is 2.23. The number of aliphatic hydroxyl groups is 1. The zero-order valence-corrected chi connectivity index (χ0v) is 12.8. The molecule has 0 amide bonds. The summed E-state index contributed by atoms with van der Waals surface area (Å²) < 4.78 is 5.77. The summed E-state index contributed by atoms with van der Waals surface area (Å²) in [6.45, 7) is 2.62. The number of anilines is 1. The fourth-order valence-electron chi connectivity index (χ4n) is 2.15. The summed E-state index contributed by atoms with van der Waals surface area (Å²) in [5.74, 6) is 1.24. The molecule has 0 saturated heterocycles. The summed E-state index contributed by atoms with van der Waals surface area (Å²) in [5, 5.41) is 12.5. The number of hydrogen-bond donors (Lipinski definition) is 2. The van der Waals surface area contributed by atoms with Gasteiger partial charge in [0.05, 0.1) is 11.9 Å². The van der Waals surface area contributed by atoms with Crippen molar-refractivity contribution < 1.29 is 9.84 Å². The minimum absolute atomic E-state index is 0.146. The van der Waals surface area contributed by atoms with E-state index in [0.29, 0.717) is 24.6 Å². The lowest BCUT2D eigenvalue weighted by molar-refractivity contribution is 0.275. The molecule has 2 aromatic heterocycles. The summed E-state index contributed by atoms with van der Waals surface area (Å²) in [5.41, 5.74) is 0.845. The van der Waals surface area contributed by atoms with Gasteiger partial charge in [-0.3, -0.25) is 4.98 Å². The van der Waals surface area contributed by atoms with Gasteiger partial charge < -0.3 is 15.2 Å². The number of ether oxygens (including phenoxy) is 1. The topological polar surface area (TPSA) is 80.2 Å². The summed E-state index contributed by atoms with van der Waals surface area (Å²) in [7, 11) is 0. The first-order chi connectivity index (χ1) is 10.8. The van der Waals surface area contributed by atoms with Gasteiger partial charge in [0.15, 0.2) is 11.6 Å². The Labute approximate surface area is 130 Å². The molecule has 2 N–H and O–H groups in total. The second-order valence-corrected chi connectivity index (χ2v) is 4.99. The summed E-state index contributed by atoms with van der Waals surface area (Å²) >= 11 is 0. The van der Waals surface area contributed by atoms with E-state index in [2.05, 4.69) is 27.2 Å². The molecule has 1 atom stereocenters. The number of aromatic nitrogens is 3. The van der Waals surface area contributed by atoms with E-state index in [1.807, 2.05) is 18.2 Å². The van der Waals surface area contributed by atoms with Gasteiger partial charge >= 0.3 is 0 Å². The van der Waals surface area contributed by atoms with Crippen LogP contribution in [0.2, 0.25) is 0 Å². The zero-order valence-electron chi connectivity index (χ0n) is 12.8. The van der Waals surface area contributed by atoms with Crippen LogP contribution in [-0.4, -0.2) is 32.7 Å². The minimum Gasteiger partial charge on any atom is -0.482 e. The van der Waals surface area contributed by atoms with E-state index in [0.717, 1.165) is 18.5 Å².